The standard InChI is InChI=1S/C16H18N4O4/c1-11-6-13(24-19-11)15(21)20-9-16(10-20)7-12(2-5-22-16)23-14-8-17-3-4-18-14/h3-4,6,8,12H,2,5,7,9-10H2,1H3/t12-/m1/s1. The molecular weight excluding hydrogens is 312 g/mol. The number of aromatic nitrogens is 3. The third-order valence-electron chi connectivity index (χ3n) is 4.36. The number of likely N-dealkylation sites (tertiary alicyclic amines) is 1. The van der Waals surface area contributed by atoms with Crippen molar-refractivity contribution < 1.29 is 18.8 Å². The molecule has 0 bridgehead atoms. The second-order valence-electron chi connectivity index (χ2n) is 6.30. The lowest BCUT2D eigenvalue weighted by atomic mass is 9.84. The molecule has 0 unspecified atom stereocenters. The van der Waals surface area contributed by atoms with E-state index < -0.39 is 0 Å². The van der Waals surface area contributed by atoms with Gasteiger partial charge in [0.05, 0.1) is 31.6 Å². The Bertz CT molecular complexity index is 727. The van der Waals surface area contributed by atoms with Crippen molar-refractivity contribution in [3.05, 3.63) is 36.1 Å². The van der Waals surface area contributed by atoms with Gasteiger partial charge >= 0.3 is 0 Å². The number of nitrogens with zero attached hydrogens (tertiary/aromatic N) is 4. The van der Waals surface area contributed by atoms with Gasteiger partial charge in [-0.3, -0.25) is 9.78 Å². The summed E-state index contributed by atoms with van der Waals surface area (Å²) in [5, 5.41) is 3.75. The molecule has 0 aromatic carbocycles. The zero-order chi connectivity index (χ0) is 16.6. The van der Waals surface area contributed by atoms with Crippen LogP contribution in [0.15, 0.2) is 29.2 Å². The molecule has 24 heavy (non-hydrogen) atoms. The van der Waals surface area contributed by atoms with Crippen molar-refractivity contribution in [2.45, 2.75) is 31.5 Å². The fourth-order valence-electron chi connectivity index (χ4n) is 3.23. The van der Waals surface area contributed by atoms with Crippen LogP contribution in [0, 0.1) is 6.92 Å². The van der Waals surface area contributed by atoms with Crippen LogP contribution in [0.4, 0.5) is 0 Å². The average Bonchev–Trinajstić information content (AvgIpc) is 3.00. The van der Waals surface area contributed by atoms with E-state index in [0.717, 1.165) is 12.8 Å². The fraction of sp³-hybridized carbons (Fsp3) is 0.500. The molecule has 4 heterocycles. The summed E-state index contributed by atoms with van der Waals surface area (Å²) in [6, 6.07) is 1.65. The molecule has 0 radical (unpaired) electrons. The maximum Gasteiger partial charge on any atom is 0.292 e. The summed E-state index contributed by atoms with van der Waals surface area (Å²) < 4.78 is 16.9. The molecule has 2 aliphatic rings. The van der Waals surface area contributed by atoms with Crippen LogP contribution in [0.5, 0.6) is 5.88 Å². The molecule has 2 aromatic rings. The molecule has 1 amide bonds. The van der Waals surface area contributed by atoms with Gasteiger partial charge in [0, 0.05) is 31.3 Å². The van der Waals surface area contributed by atoms with Gasteiger partial charge in [0.1, 0.15) is 11.7 Å². The lowest BCUT2D eigenvalue weighted by Crippen LogP contribution is -2.67. The number of hydrogen-bond donors (Lipinski definition) is 0. The quantitative estimate of drug-likeness (QED) is 0.836. The molecule has 8 nitrogen and oxygen atoms in total. The first kappa shape index (κ1) is 15.1. The Balaban J connectivity index is 1.36. The van der Waals surface area contributed by atoms with Gasteiger partial charge in [-0.15, -0.1) is 0 Å². The number of amides is 1. The number of carbonyl (C=O) groups is 1. The summed E-state index contributed by atoms with van der Waals surface area (Å²) in [6.45, 7) is 3.46. The van der Waals surface area contributed by atoms with Gasteiger partial charge in [0.2, 0.25) is 11.6 Å². The molecule has 8 heteroatoms. The van der Waals surface area contributed by atoms with Crippen LogP contribution >= 0.6 is 0 Å². The average molecular weight is 330 g/mol. The first-order valence-electron chi connectivity index (χ1n) is 7.93. The lowest BCUT2D eigenvalue weighted by molar-refractivity contribution is -0.174. The van der Waals surface area contributed by atoms with Crippen molar-refractivity contribution in [3.63, 3.8) is 0 Å². The maximum absolute atomic E-state index is 12.3. The first-order valence-corrected chi connectivity index (χ1v) is 7.93. The Labute approximate surface area is 138 Å². The van der Waals surface area contributed by atoms with E-state index in [4.69, 9.17) is 14.0 Å². The molecule has 0 saturated carbocycles. The van der Waals surface area contributed by atoms with Crippen molar-refractivity contribution in [2.24, 2.45) is 0 Å². The van der Waals surface area contributed by atoms with Crippen molar-refractivity contribution in [1.29, 1.82) is 0 Å². The van der Waals surface area contributed by atoms with Gasteiger partial charge in [-0.2, -0.15) is 0 Å². The Morgan fingerprint density at radius 3 is 3.00 bits per heavy atom. The Morgan fingerprint density at radius 2 is 2.29 bits per heavy atom. The highest BCUT2D eigenvalue weighted by molar-refractivity contribution is 5.92. The van der Waals surface area contributed by atoms with Crippen LogP contribution < -0.4 is 4.74 Å². The van der Waals surface area contributed by atoms with E-state index in [-0.39, 0.29) is 23.4 Å². The van der Waals surface area contributed by atoms with Gasteiger partial charge < -0.3 is 18.9 Å². The summed E-state index contributed by atoms with van der Waals surface area (Å²) >= 11 is 0. The van der Waals surface area contributed by atoms with E-state index in [1.165, 1.54) is 0 Å². The normalized spacial score (nSPS) is 22.2. The third kappa shape index (κ3) is 2.84. The molecule has 2 aromatic heterocycles. The molecule has 2 aliphatic heterocycles. The number of hydrogen-bond acceptors (Lipinski definition) is 7. The van der Waals surface area contributed by atoms with Crippen LogP contribution in [-0.4, -0.2) is 57.3 Å². The second kappa shape index (κ2) is 5.86. The number of aryl methyl sites for hydroxylation is 1. The minimum atomic E-state index is -0.337. The monoisotopic (exact) mass is 330 g/mol. The highest BCUT2D eigenvalue weighted by Gasteiger charge is 2.50. The van der Waals surface area contributed by atoms with Crippen LogP contribution in [-0.2, 0) is 4.74 Å². The van der Waals surface area contributed by atoms with Crippen LogP contribution in [0.1, 0.15) is 29.1 Å². The van der Waals surface area contributed by atoms with E-state index in [1.54, 1.807) is 36.5 Å². The lowest BCUT2D eigenvalue weighted by Gasteiger charge is -2.52. The van der Waals surface area contributed by atoms with E-state index in [9.17, 15) is 4.79 Å². The van der Waals surface area contributed by atoms with Crippen molar-refractivity contribution in [3.8, 4) is 5.88 Å². The minimum Gasteiger partial charge on any atom is -0.473 e. The van der Waals surface area contributed by atoms with Crippen molar-refractivity contribution >= 4 is 5.91 Å². The molecule has 1 spiro atoms. The summed E-state index contributed by atoms with van der Waals surface area (Å²) in [4.78, 5) is 22.2. The number of ether oxygens (including phenoxy) is 2. The van der Waals surface area contributed by atoms with Gasteiger partial charge in [-0.1, -0.05) is 5.16 Å². The van der Waals surface area contributed by atoms with Gasteiger partial charge in [-0.25, -0.2) is 4.98 Å². The van der Waals surface area contributed by atoms with E-state index >= 15 is 0 Å². The van der Waals surface area contributed by atoms with Crippen molar-refractivity contribution in [1.82, 2.24) is 20.0 Å². The predicted molar refractivity (Wildman–Crippen MR) is 81.5 cm³/mol. The van der Waals surface area contributed by atoms with Gasteiger partial charge in [-0.05, 0) is 6.92 Å². The maximum atomic E-state index is 12.3. The molecule has 0 aliphatic carbocycles. The largest absolute Gasteiger partial charge is 0.473 e. The zero-order valence-corrected chi connectivity index (χ0v) is 13.3. The molecule has 1 atom stereocenters. The van der Waals surface area contributed by atoms with Crippen LogP contribution in [0.2, 0.25) is 0 Å². The summed E-state index contributed by atoms with van der Waals surface area (Å²) in [5.74, 6) is 0.635. The number of carbonyl (C=O) groups excluding carboxylic acids is 1. The predicted octanol–water partition coefficient (Wildman–Crippen LogP) is 1.23. The minimum absolute atomic E-state index is 0.0141. The molecule has 2 saturated heterocycles. The smallest absolute Gasteiger partial charge is 0.292 e. The van der Waals surface area contributed by atoms with E-state index in [2.05, 4.69) is 15.1 Å². The van der Waals surface area contributed by atoms with Crippen LogP contribution in [0.3, 0.4) is 0 Å². The topological polar surface area (TPSA) is 90.6 Å². The summed E-state index contributed by atoms with van der Waals surface area (Å²) in [6.07, 6.45) is 6.36. The molecule has 2 fully saturated rings. The van der Waals surface area contributed by atoms with Crippen molar-refractivity contribution in [2.75, 3.05) is 19.7 Å². The third-order valence-corrected chi connectivity index (χ3v) is 4.36. The highest BCUT2D eigenvalue weighted by atomic mass is 16.5. The summed E-state index contributed by atoms with van der Waals surface area (Å²) in [7, 11) is 0. The Morgan fingerprint density at radius 1 is 1.42 bits per heavy atom. The molecule has 0 N–H and O–H groups in total. The van der Waals surface area contributed by atoms with Gasteiger partial charge in [0.15, 0.2) is 0 Å². The summed E-state index contributed by atoms with van der Waals surface area (Å²) in [5.41, 5.74) is 0.357. The highest BCUT2D eigenvalue weighted by Crippen LogP contribution is 2.36. The molecular formula is C16H18N4O4. The van der Waals surface area contributed by atoms with E-state index in [0.29, 0.717) is 31.3 Å². The molecule has 126 valence electrons. The number of rotatable bonds is 3. The van der Waals surface area contributed by atoms with E-state index in [1.807, 2.05) is 0 Å². The first-order chi connectivity index (χ1) is 11.6. The zero-order valence-electron chi connectivity index (χ0n) is 13.3. The Hall–Kier alpha value is -2.48. The fourth-order valence-corrected chi connectivity index (χ4v) is 3.23. The SMILES string of the molecule is Cc1cc(C(=O)N2CC3(C[C@H](Oc4cnccn4)CCO3)C2)on1. The second-order valence-corrected chi connectivity index (χ2v) is 6.30. The van der Waals surface area contributed by atoms with Gasteiger partial charge in [0.25, 0.3) is 5.91 Å². The van der Waals surface area contributed by atoms with Crippen LogP contribution in [0.25, 0.3) is 0 Å². The Kier molecular flexibility index (Phi) is 3.68. The molecule has 4 rings (SSSR count).